The number of hydrogen-bond donors (Lipinski definition) is 2. The Morgan fingerprint density at radius 1 is 1.30 bits per heavy atom. The molecule has 1 rings (SSSR count). The molecule has 1 aromatic rings. The molecule has 0 unspecified atom stereocenters. The van der Waals surface area contributed by atoms with E-state index in [4.69, 9.17) is 5.11 Å². The number of aliphatic carboxylic acids is 1. The average Bonchev–Trinajstić information content (AvgIpc) is 2.49. The summed E-state index contributed by atoms with van der Waals surface area (Å²) in [6.07, 6.45) is 2.11. The first-order valence-electron chi connectivity index (χ1n) is 6.67. The van der Waals surface area contributed by atoms with E-state index in [1.54, 1.807) is 6.92 Å². The number of nitrogens with one attached hydrogen (secondary N) is 1. The molecule has 0 heterocycles. The van der Waals surface area contributed by atoms with Crippen LogP contribution in [-0.2, 0) is 14.3 Å². The largest absolute Gasteiger partial charge is 0.480 e. The van der Waals surface area contributed by atoms with E-state index in [2.05, 4.69) is 10.1 Å². The summed E-state index contributed by atoms with van der Waals surface area (Å²) in [6.45, 7) is 1.80. The number of benzene rings is 1. The quantitative estimate of drug-likeness (QED) is 0.587. The Hall–Kier alpha value is -2.77. The van der Waals surface area contributed by atoms with Gasteiger partial charge in [-0.25, -0.2) is 18.4 Å². The number of halogens is 2. The minimum atomic E-state index is -1.34. The standard InChI is InChI=1S/C15H15F2NO5/c1-2-23-13(19)5-3-4-12(15(21)22)18-14(20)9-6-7-10(16)11(17)8-9/h3,5-8,12H,2,4H2,1H3,(H,18,20)(H,21,22)/b5-3+/t12-/m0/s1. The monoisotopic (exact) mass is 327 g/mol. The number of amides is 1. The molecule has 23 heavy (non-hydrogen) atoms. The zero-order chi connectivity index (χ0) is 17.4. The molecular weight excluding hydrogens is 312 g/mol. The number of carbonyl (C=O) groups excluding carboxylic acids is 2. The number of carbonyl (C=O) groups is 3. The van der Waals surface area contributed by atoms with Gasteiger partial charge in [0.1, 0.15) is 6.04 Å². The first kappa shape index (κ1) is 18.3. The van der Waals surface area contributed by atoms with Crippen LogP contribution in [0.2, 0.25) is 0 Å². The molecule has 0 aliphatic carbocycles. The van der Waals surface area contributed by atoms with Gasteiger partial charge >= 0.3 is 11.9 Å². The topological polar surface area (TPSA) is 92.7 Å². The molecule has 124 valence electrons. The Balaban J connectivity index is 2.71. The fourth-order valence-electron chi connectivity index (χ4n) is 1.59. The summed E-state index contributed by atoms with van der Waals surface area (Å²) in [4.78, 5) is 34.0. The van der Waals surface area contributed by atoms with Gasteiger partial charge in [-0.1, -0.05) is 6.08 Å². The molecular formula is C15H15F2NO5. The molecule has 1 atom stereocenters. The molecule has 2 N–H and O–H groups in total. The summed E-state index contributed by atoms with van der Waals surface area (Å²) in [5, 5.41) is 11.2. The van der Waals surface area contributed by atoms with E-state index in [0.29, 0.717) is 6.07 Å². The SMILES string of the molecule is CCOC(=O)/C=C/C[C@H](NC(=O)c1ccc(F)c(F)c1)C(=O)O. The molecule has 0 saturated carbocycles. The van der Waals surface area contributed by atoms with Crippen LogP contribution >= 0.6 is 0 Å². The van der Waals surface area contributed by atoms with E-state index in [9.17, 15) is 23.2 Å². The van der Waals surface area contributed by atoms with Crippen LogP contribution in [-0.4, -0.2) is 35.6 Å². The Labute approximate surface area is 130 Å². The van der Waals surface area contributed by atoms with Crippen LogP contribution in [0.25, 0.3) is 0 Å². The van der Waals surface area contributed by atoms with Crippen molar-refractivity contribution in [1.29, 1.82) is 0 Å². The molecule has 6 nitrogen and oxygen atoms in total. The molecule has 1 aromatic carbocycles. The van der Waals surface area contributed by atoms with Gasteiger partial charge in [0.2, 0.25) is 0 Å². The minimum absolute atomic E-state index is 0.177. The fourth-order valence-corrected chi connectivity index (χ4v) is 1.59. The van der Waals surface area contributed by atoms with Gasteiger partial charge in [-0.15, -0.1) is 0 Å². The lowest BCUT2D eigenvalue weighted by atomic mass is 10.1. The Morgan fingerprint density at radius 3 is 2.57 bits per heavy atom. The fraction of sp³-hybridized carbons (Fsp3) is 0.267. The number of hydrogen-bond acceptors (Lipinski definition) is 4. The Bertz CT molecular complexity index is 630. The van der Waals surface area contributed by atoms with Crippen molar-refractivity contribution < 1.29 is 33.0 Å². The van der Waals surface area contributed by atoms with Crippen molar-refractivity contribution in [2.45, 2.75) is 19.4 Å². The Morgan fingerprint density at radius 2 is 2.00 bits per heavy atom. The molecule has 0 saturated heterocycles. The summed E-state index contributed by atoms with van der Waals surface area (Å²) >= 11 is 0. The average molecular weight is 327 g/mol. The van der Waals surface area contributed by atoms with Crippen molar-refractivity contribution in [3.8, 4) is 0 Å². The van der Waals surface area contributed by atoms with Gasteiger partial charge in [0.05, 0.1) is 6.61 Å². The van der Waals surface area contributed by atoms with Crippen LogP contribution < -0.4 is 5.32 Å². The molecule has 0 aliphatic rings. The highest BCUT2D eigenvalue weighted by atomic mass is 19.2. The number of carboxylic acids is 1. The van der Waals surface area contributed by atoms with Crippen LogP contribution in [0.4, 0.5) is 8.78 Å². The van der Waals surface area contributed by atoms with Crippen molar-refractivity contribution in [1.82, 2.24) is 5.32 Å². The third-order valence-corrected chi connectivity index (χ3v) is 2.70. The van der Waals surface area contributed by atoms with Crippen LogP contribution in [0.5, 0.6) is 0 Å². The predicted octanol–water partition coefficient (Wildman–Crippen LogP) is 1.66. The number of ether oxygens (including phenoxy) is 1. The van der Waals surface area contributed by atoms with Gasteiger partial charge < -0.3 is 15.2 Å². The van der Waals surface area contributed by atoms with E-state index in [1.807, 2.05) is 0 Å². The van der Waals surface area contributed by atoms with Crippen molar-refractivity contribution in [3.63, 3.8) is 0 Å². The summed E-state index contributed by atoms with van der Waals surface area (Å²) < 4.78 is 30.5. The molecule has 0 bridgehead atoms. The normalized spacial score (nSPS) is 12.0. The van der Waals surface area contributed by atoms with Crippen molar-refractivity contribution >= 4 is 17.8 Å². The van der Waals surface area contributed by atoms with E-state index < -0.39 is 35.5 Å². The molecule has 0 aromatic heterocycles. The highest BCUT2D eigenvalue weighted by Crippen LogP contribution is 2.09. The van der Waals surface area contributed by atoms with Gasteiger partial charge in [-0.3, -0.25) is 4.79 Å². The minimum Gasteiger partial charge on any atom is -0.480 e. The van der Waals surface area contributed by atoms with E-state index in [0.717, 1.165) is 18.2 Å². The second kappa shape index (κ2) is 8.62. The second-order valence-electron chi connectivity index (χ2n) is 4.38. The highest BCUT2D eigenvalue weighted by molar-refractivity contribution is 5.96. The summed E-state index contributed by atoms with van der Waals surface area (Å²) in [6, 6.07) is 1.13. The lowest BCUT2D eigenvalue weighted by molar-refractivity contribution is -0.139. The van der Waals surface area contributed by atoms with Gasteiger partial charge in [0, 0.05) is 11.6 Å². The Kier molecular flexibility index (Phi) is 6.85. The first-order valence-corrected chi connectivity index (χ1v) is 6.67. The van der Waals surface area contributed by atoms with Crippen molar-refractivity contribution in [2.75, 3.05) is 6.61 Å². The summed E-state index contributed by atoms with van der Waals surface area (Å²) in [5.41, 5.74) is -0.218. The van der Waals surface area contributed by atoms with Crippen LogP contribution in [0.15, 0.2) is 30.4 Å². The van der Waals surface area contributed by atoms with Crippen molar-refractivity contribution in [2.24, 2.45) is 0 Å². The van der Waals surface area contributed by atoms with Crippen LogP contribution in [0, 0.1) is 11.6 Å². The number of esters is 1. The van der Waals surface area contributed by atoms with E-state index in [1.165, 1.54) is 6.08 Å². The molecule has 0 aliphatic heterocycles. The molecule has 0 spiro atoms. The molecule has 0 radical (unpaired) electrons. The van der Waals surface area contributed by atoms with Gasteiger partial charge in [0.25, 0.3) is 5.91 Å². The number of carboxylic acid groups (broad SMARTS) is 1. The maximum Gasteiger partial charge on any atom is 0.330 e. The highest BCUT2D eigenvalue weighted by Gasteiger charge is 2.20. The predicted molar refractivity (Wildman–Crippen MR) is 75.6 cm³/mol. The lowest BCUT2D eigenvalue weighted by Crippen LogP contribution is -2.40. The maximum absolute atomic E-state index is 13.1. The zero-order valence-corrected chi connectivity index (χ0v) is 12.2. The zero-order valence-electron chi connectivity index (χ0n) is 12.2. The molecule has 1 amide bonds. The van der Waals surface area contributed by atoms with Crippen molar-refractivity contribution in [3.05, 3.63) is 47.5 Å². The smallest absolute Gasteiger partial charge is 0.330 e. The maximum atomic E-state index is 13.1. The first-order chi connectivity index (χ1) is 10.8. The van der Waals surface area contributed by atoms with Crippen LogP contribution in [0.1, 0.15) is 23.7 Å². The third kappa shape index (κ3) is 5.85. The molecule has 0 fully saturated rings. The number of rotatable bonds is 7. The lowest BCUT2D eigenvalue weighted by Gasteiger charge is -2.12. The third-order valence-electron chi connectivity index (χ3n) is 2.70. The van der Waals surface area contributed by atoms with Gasteiger partial charge in [0.15, 0.2) is 11.6 Å². The van der Waals surface area contributed by atoms with Gasteiger partial charge in [-0.05, 0) is 31.5 Å². The summed E-state index contributed by atoms with van der Waals surface area (Å²) in [5.74, 6) is -5.18. The van der Waals surface area contributed by atoms with Gasteiger partial charge in [-0.2, -0.15) is 0 Å². The van der Waals surface area contributed by atoms with E-state index in [-0.39, 0.29) is 18.6 Å². The molecule has 8 heteroatoms. The summed E-state index contributed by atoms with van der Waals surface area (Å²) in [7, 11) is 0. The van der Waals surface area contributed by atoms with E-state index >= 15 is 0 Å². The second-order valence-corrected chi connectivity index (χ2v) is 4.38. The van der Waals surface area contributed by atoms with Crippen LogP contribution in [0.3, 0.4) is 0 Å².